The molecule has 5 nitrogen and oxygen atoms in total. The van der Waals surface area contributed by atoms with Gasteiger partial charge in [0.2, 0.25) is 0 Å². The van der Waals surface area contributed by atoms with Crippen molar-refractivity contribution in [3.8, 4) is 10.6 Å². The van der Waals surface area contributed by atoms with Gasteiger partial charge in [-0.1, -0.05) is 6.07 Å². The lowest BCUT2D eigenvalue weighted by Gasteiger charge is -2.23. The molecule has 0 aliphatic carbocycles. The van der Waals surface area contributed by atoms with Gasteiger partial charge < -0.3 is 4.90 Å². The number of rotatable bonds is 4. The van der Waals surface area contributed by atoms with E-state index in [2.05, 4.69) is 10.1 Å². The molecule has 0 N–H and O–H groups in total. The van der Waals surface area contributed by atoms with Crippen LogP contribution in [0.4, 0.5) is 0 Å². The summed E-state index contributed by atoms with van der Waals surface area (Å²) in [6.45, 7) is 1.98. The molecule has 0 unspecified atom stereocenters. The molecule has 0 bridgehead atoms. The molecule has 1 atom stereocenters. The standard InChI is InChI=1S/C15H16N4OS2/c1-10(14-16-6-8-22-14)18(2)15(20)12-9-11(17-19(12)3)13-5-4-7-21-13/h4-10H,1-3H3/t10-/m1/s1. The maximum atomic E-state index is 12.7. The van der Waals surface area contributed by atoms with E-state index in [0.29, 0.717) is 5.69 Å². The van der Waals surface area contributed by atoms with Gasteiger partial charge in [-0.25, -0.2) is 4.98 Å². The molecule has 0 aliphatic heterocycles. The lowest BCUT2D eigenvalue weighted by Crippen LogP contribution is -2.31. The van der Waals surface area contributed by atoms with Gasteiger partial charge in [-0.05, 0) is 24.4 Å². The summed E-state index contributed by atoms with van der Waals surface area (Å²) in [5, 5.41) is 9.29. The average molecular weight is 332 g/mol. The van der Waals surface area contributed by atoms with Crippen LogP contribution in [0.5, 0.6) is 0 Å². The smallest absolute Gasteiger partial charge is 0.272 e. The molecule has 0 spiro atoms. The second kappa shape index (κ2) is 6.02. The summed E-state index contributed by atoms with van der Waals surface area (Å²) in [5.41, 5.74) is 1.41. The minimum atomic E-state index is -0.0624. The number of aromatic nitrogens is 3. The third kappa shape index (κ3) is 2.69. The van der Waals surface area contributed by atoms with Crippen LogP contribution in [0.1, 0.15) is 28.5 Å². The first kappa shape index (κ1) is 14.9. The van der Waals surface area contributed by atoms with Crippen molar-refractivity contribution in [2.24, 2.45) is 7.05 Å². The molecule has 1 amide bonds. The summed E-state index contributed by atoms with van der Waals surface area (Å²) < 4.78 is 1.64. The van der Waals surface area contributed by atoms with Gasteiger partial charge in [-0.3, -0.25) is 9.48 Å². The number of aryl methyl sites for hydroxylation is 1. The van der Waals surface area contributed by atoms with Crippen molar-refractivity contribution >= 4 is 28.6 Å². The predicted molar refractivity (Wildman–Crippen MR) is 89.1 cm³/mol. The van der Waals surface area contributed by atoms with Crippen molar-refractivity contribution in [1.82, 2.24) is 19.7 Å². The van der Waals surface area contributed by atoms with Gasteiger partial charge in [0.1, 0.15) is 16.4 Å². The summed E-state index contributed by atoms with van der Waals surface area (Å²) in [5.74, 6) is -0.0551. The van der Waals surface area contributed by atoms with E-state index in [0.717, 1.165) is 15.6 Å². The number of amides is 1. The number of nitrogens with zero attached hydrogens (tertiary/aromatic N) is 4. The van der Waals surface area contributed by atoms with Gasteiger partial charge in [-0.15, -0.1) is 22.7 Å². The van der Waals surface area contributed by atoms with E-state index >= 15 is 0 Å². The monoisotopic (exact) mass is 332 g/mol. The lowest BCUT2D eigenvalue weighted by molar-refractivity contribution is 0.0731. The predicted octanol–water partition coefficient (Wildman–Crippen LogP) is 3.44. The van der Waals surface area contributed by atoms with Crippen molar-refractivity contribution in [1.29, 1.82) is 0 Å². The molecule has 3 aromatic rings. The minimum Gasteiger partial charge on any atom is -0.331 e. The maximum absolute atomic E-state index is 12.7. The molecule has 3 rings (SSSR count). The van der Waals surface area contributed by atoms with Crippen LogP contribution < -0.4 is 0 Å². The minimum absolute atomic E-state index is 0.0551. The van der Waals surface area contributed by atoms with E-state index in [1.807, 2.05) is 35.9 Å². The van der Waals surface area contributed by atoms with E-state index in [9.17, 15) is 4.79 Å². The Labute approximate surface area is 136 Å². The Bertz CT molecular complexity index is 762. The zero-order chi connectivity index (χ0) is 15.7. The van der Waals surface area contributed by atoms with Gasteiger partial charge >= 0.3 is 0 Å². The molecule has 0 saturated carbocycles. The molecule has 3 aromatic heterocycles. The van der Waals surface area contributed by atoms with Gasteiger partial charge in [-0.2, -0.15) is 5.10 Å². The van der Waals surface area contributed by atoms with Crippen molar-refractivity contribution in [3.05, 3.63) is 45.9 Å². The first-order chi connectivity index (χ1) is 10.6. The molecule has 22 heavy (non-hydrogen) atoms. The lowest BCUT2D eigenvalue weighted by atomic mass is 10.2. The van der Waals surface area contributed by atoms with E-state index in [1.54, 1.807) is 52.5 Å². The third-order valence-corrected chi connectivity index (χ3v) is 5.42. The Kier molecular flexibility index (Phi) is 4.08. The number of thiophene rings is 1. The van der Waals surface area contributed by atoms with Crippen LogP contribution in [0.15, 0.2) is 35.2 Å². The van der Waals surface area contributed by atoms with Crippen LogP contribution in [0.2, 0.25) is 0 Å². The number of carbonyl (C=O) groups excluding carboxylic acids is 1. The molecule has 0 aromatic carbocycles. The molecule has 0 radical (unpaired) electrons. The van der Waals surface area contributed by atoms with E-state index in [1.165, 1.54) is 0 Å². The highest BCUT2D eigenvalue weighted by Gasteiger charge is 2.24. The fraction of sp³-hybridized carbons (Fsp3) is 0.267. The Balaban J connectivity index is 1.86. The fourth-order valence-electron chi connectivity index (χ4n) is 2.18. The highest BCUT2D eigenvalue weighted by atomic mass is 32.1. The zero-order valence-corrected chi connectivity index (χ0v) is 14.2. The molecule has 0 fully saturated rings. The first-order valence-corrected chi connectivity index (χ1v) is 8.58. The van der Waals surface area contributed by atoms with E-state index in [-0.39, 0.29) is 11.9 Å². The van der Waals surface area contributed by atoms with Crippen LogP contribution >= 0.6 is 22.7 Å². The molecule has 0 saturated heterocycles. The zero-order valence-electron chi connectivity index (χ0n) is 12.6. The molecule has 7 heteroatoms. The van der Waals surface area contributed by atoms with Gasteiger partial charge in [0.15, 0.2) is 0 Å². The first-order valence-electron chi connectivity index (χ1n) is 6.82. The van der Waals surface area contributed by atoms with Crippen LogP contribution in [0, 0.1) is 0 Å². The molecular weight excluding hydrogens is 316 g/mol. The maximum Gasteiger partial charge on any atom is 0.272 e. The van der Waals surface area contributed by atoms with Crippen molar-refractivity contribution in [3.63, 3.8) is 0 Å². The van der Waals surface area contributed by atoms with Crippen LogP contribution in [-0.4, -0.2) is 32.6 Å². The van der Waals surface area contributed by atoms with Crippen LogP contribution in [0.3, 0.4) is 0 Å². The largest absolute Gasteiger partial charge is 0.331 e. The van der Waals surface area contributed by atoms with Crippen molar-refractivity contribution in [2.45, 2.75) is 13.0 Å². The summed E-state index contributed by atoms with van der Waals surface area (Å²) in [7, 11) is 3.60. The summed E-state index contributed by atoms with van der Waals surface area (Å²) in [6.07, 6.45) is 1.76. The van der Waals surface area contributed by atoms with Gasteiger partial charge in [0, 0.05) is 25.7 Å². The van der Waals surface area contributed by atoms with E-state index < -0.39 is 0 Å². The van der Waals surface area contributed by atoms with E-state index in [4.69, 9.17) is 0 Å². The molecular formula is C15H16N4OS2. The molecule has 114 valence electrons. The normalized spacial score (nSPS) is 12.3. The average Bonchev–Trinajstić information content (AvgIpc) is 3.25. The number of thiazole rings is 1. The topological polar surface area (TPSA) is 51.0 Å². The SMILES string of the molecule is C[C@H](c1nccs1)N(C)C(=O)c1cc(-c2cccs2)nn1C. The Hall–Kier alpha value is -1.99. The molecule has 3 heterocycles. The number of hydrogen-bond donors (Lipinski definition) is 0. The second-order valence-electron chi connectivity index (χ2n) is 4.98. The van der Waals surface area contributed by atoms with Crippen molar-refractivity contribution in [2.75, 3.05) is 7.05 Å². The summed E-state index contributed by atoms with van der Waals surface area (Å²) in [4.78, 5) is 19.8. The fourth-order valence-corrected chi connectivity index (χ4v) is 3.59. The van der Waals surface area contributed by atoms with Crippen LogP contribution in [0.25, 0.3) is 10.6 Å². The number of hydrogen-bond acceptors (Lipinski definition) is 5. The van der Waals surface area contributed by atoms with Crippen LogP contribution in [-0.2, 0) is 7.05 Å². The summed E-state index contributed by atoms with van der Waals surface area (Å²) >= 11 is 3.17. The van der Waals surface area contributed by atoms with Gasteiger partial charge in [0.25, 0.3) is 5.91 Å². The van der Waals surface area contributed by atoms with Crippen molar-refractivity contribution < 1.29 is 4.79 Å². The summed E-state index contributed by atoms with van der Waals surface area (Å²) in [6, 6.07) is 5.77. The third-order valence-electron chi connectivity index (χ3n) is 3.58. The number of carbonyl (C=O) groups is 1. The highest BCUT2D eigenvalue weighted by Crippen LogP contribution is 2.26. The Morgan fingerprint density at radius 3 is 2.82 bits per heavy atom. The second-order valence-corrected chi connectivity index (χ2v) is 6.85. The highest BCUT2D eigenvalue weighted by molar-refractivity contribution is 7.13. The Morgan fingerprint density at radius 1 is 1.36 bits per heavy atom. The van der Waals surface area contributed by atoms with Gasteiger partial charge in [0.05, 0.1) is 10.9 Å². The Morgan fingerprint density at radius 2 is 2.18 bits per heavy atom. The quantitative estimate of drug-likeness (QED) is 0.735. The molecule has 0 aliphatic rings.